The van der Waals surface area contributed by atoms with Crippen molar-refractivity contribution in [3.05, 3.63) is 35.9 Å². The molecule has 0 aromatic heterocycles. The second-order valence-electron chi connectivity index (χ2n) is 2.56. The fourth-order valence-corrected chi connectivity index (χ4v) is 1.79. The Kier molecular flexibility index (Phi) is 4.62. The van der Waals surface area contributed by atoms with E-state index in [-0.39, 0.29) is 0 Å². The van der Waals surface area contributed by atoms with Crippen LogP contribution in [-0.2, 0) is 0 Å². The first-order valence-electron chi connectivity index (χ1n) is 4.30. The molecule has 0 unspecified atom stereocenters. The van der Waals surface area contributed by atoms with Crippen molar-refractivity contribution in [1.82, 2.24) is 0 Å². The van der Waals surface area contributed by atoms with Gasteiger partial charge in [0, 0.05) is 5.56 Å². The summed E-state index contributed by atoms with van der Waals surface area (Å²) in [4.78, 5) is 4.13. The van der Waals surface area contributed by atoms with Crippen LogP contribution in [0.3, 0.4) is 0 Å². The molecule has 0 aliphatic rings. The van der Waals surface area contributed by atoms with Crippen LogP contribution in [-0.4, -0.2) is 15.9 Å². The molecule has 1 rings (SSSR count). The zero-order chi connectivity index (χ0) is 10.4. The largest absolute Gasteiger partial charge is 0.383 e. The summed E-state index contributed by atoms with van der Waals surface area (Å²) in [6.45, 7) is 2.03. The Morgan fingerprint density at radius 3 is 2.64 bits per heavy atom. The molecule has 0 saturated carbocycles. The molecule has 74 valence electrons. The van der Waals surface area contributed by atoms with Crippen LogP contribution >= 0.6 is 24.0 Å². The fraction of sp³-hybridized carbons (Fsp3) is 0.200. The lowest BCUT2D eigenvalue weighted by atomic mass is 10.2. The minimum absolute atomic E-state index is 0.483. The molecule has 0 bridgehead atoms. The van der Waals surface area contributed by atoms with Crippen LogP contribution in [0.15, 0.2) is 35.3 Å². The van der Waals surface area contributed by atoms with Gasteiger partial charge in [-0.05, 0) is 5.75 Å². The summed E-state index contributed by atoms with van der Waals surface area (Å²) in [5.74, 6) is 1.40. The summed E-state index contributed by atoms with van der Waals surface area (Å²) < 4.78 is 0.592. The van der Waals surface area contributed by atoms with E-state index in [0.717, 1.165) is 11.3 Å². The third-order valence-electron chi connectivity index (χ3n) is 1.55. The van der Waals surface area contributed by atoms with Crippen LogP contribution in [0, 0.1) is 0 Å². The third kappa shape index (κ3) is 3.47. The molecule has 1 aromatic carbocycles. The van der Waals surface area contributed by atoms with Gasteiger partial charge in [-0.2, -0.15) is 0 Å². The number of thiocarbonyl (C=S) groups is 1. The highest BCUT2D eigenvalue weighted by atomic mass is 32.2. The summed E-state index contributed by atoms with van der Waals surface area (Å²) in [6, 6.07) is 9.62. The standard InChI is InChI=1S/C10H12N2S2/c1-2-14-10(13)12-9(11)8-6-4-3-5-7-8/h3-7H,2H2,1H3,(H2,11,12,13). The highest BCUT2D eigenvalue weighted by Gasteiger charge is 1.98. The van der Waals surface area contributed by atoms with Crippen molar-refractivity contribution < 1.29 is 0 Å². The lowest BCUT2D eigenvalue weighted by Gasteiger charge is -2.00. The highest BCUT2D eigenvalue weighted by Crippen LogP contribution is 2.06. The predicted octanol–water partition coefficient (Wildman–Crippen LogP) is 2.43. The van der Waals surface area contributed by atoms with Crippen LogP contribution in [0.2, 0.25) is 0 Å². The van der Waals surface area contributed by atoms with E-state index in [4.69, 9.17) is 18.0 Å². The molecule has 2 N–H and O–H groups in total. The van der Waals surface area contributed by atoms with Crippen molar-refractivity contribution in [1.29, 1.82) is 0 Å². The summed E-state index contributed by atoms with van der Waals surface area (Å²) >= 11 is 6.54. The van der Waals surface area contributed by atoms with Crippen molar-refractivity contribution in [2.75, 3.05) is 5.75 Å². The number of amidine groups is 1. The van der Waals surface area contributed by atoms with E-state index in [0.29, 0.717) is 10.2 Å². The van der Waals surface area contributed by atoms with Gasteiger partial charge in [0.15, 0.2) is 4.32 Å². The minimum atomic E-state index is 0.483. The molecule has 0 radical (unpaired) electrons. The zero-order valence-corrected chi connectivity index (χ0v) is 9.57. The summed E-state index contributed by atoms with van der Waals surface area (Å²) in [7, 11) is 0. The Balaban J connectivity index is 2.75. The van der Waals surface area contributed by atoms with Crippen molar-refractivity contribution in [3.63, 3.8) is 0 Å². The second kappa shape index (κ2) is 5.78. The van der Waals surface area contributed by atoms with Crippen LogP contribution in [0.1, 0.15) is 12.5 Å². The number of nitrogens with two attached hydrogens (primary N) is 1. The summed E-state index contributed by atoms with van der Waals surface area (Å²) in [6.07, 6.45) is 0. The molecule has 0 heterocycles. The van der Waals surface area contributed by atoms with Gasteiger partial charge < -0.3 is 5.73 Å². The molecule has 0 fully saturated rings. The number of hydrogen-bond donors (Lipinski definition) is 1. The van der Waals surface area contributed by atoms with Gasteiger partial charge in [0.25, 0.3) is 0 Å². The zero-order valence-electron chi connectivity index (χ0n) is 7.93. The maximum Gasteiger partial charge on any atom is 0.162 e. The van der Waals surface area contributed by atoms with E-state index < -0.39 is 0 Å². The molecule has 4 heteroatoms. The van der Waals surface area contributed by atoms with E-state index in [1.807, 2.05) is 37.3 Å². The van der Waals surface area contributed by atoms with Gasteiger partial charge in [-0.15, -0.1) is 0 Å². The van der Waals surface area contributed by atoms with Gasteiger partial charge >= 0.3 is 0 Å². The highest BCUT2D eigenvalue weighted by molar-refractivity contribution is 8.23. The molecule has 0 saturated heterocycles. The topological polar surface area (TPSA) is 38.4 Å². The van der Waals surface area contributed by atoms with Crippen LogP contribution in [0.4, 0.5) is 0 Å². The maximum atomic E-state index is 5.78. The quantitative estimate of drug-likeness (QED) is 0.476. The van der Waals surface area contributed by atoms with E-state index >= 15 is 0 Å². The molecular formula is C10H12N2S2. The molecule has 0 spiro atoms. The van der Waals surface area contributed by atoms with E-state index in [1.54, 1.807) is 0 Å². The number of hydrogen-bond acceptors (Lipinski definition) is 2. The molecule has 1 aromatic rings. The normalized spacial score (nSPS) is 11.4. The lowest BCUT2D eigenvalue weighted by molar-refractivity contribution is 1.53. The Morgan fingerprint density at radius 2 is 2.07 bits per heavy atom. The van der Waals surface area contributed by atoms with Crippen molar-refractivity contribution >= 4 is 34.1 Å². The average Bonchev–Trinajstić information content (AvgIpc) is 2.19. The van der Waals surface area contributed by atoms with Crippen molar-refractivity contribution in [2.45, 2.75) is 6.92 Å². The Morgan fingerprint density at radius 1 is 1.43 bits per heavy atom. The van der Waals surface area contributed by atoms with Gasteiger partial charge in [0.2, 0.25) is 0 Å². The van der Waals surface area contributed by atoms with Crippen LogP contribution in [0.25, 0.3) is 0 Å². The van der Waals surface area contributed by atoms with Crippen LogP contribution < -0.4 is 5.73 Å². The van der Waals surface area contributed by atoms with Gasteiger partial charge in [-0.3, -0.25) is 0 Å². The number of benzene rings is 1. The number of rotatable bonds is 2. The maximum absolute atomic E-state index is 5.78. The Bertz CT molecular complexity index is 333. The smallest absolute Gasteiger partial charge is 0.162 e. The molecule has 2 nitrogen and oxygen atoms in total. The van der Waals surface area contributed by atoms with Crippen molar-refractivity contribution in [2.24, 2.45) is 10.7 Å². The number of aliphatic imine (C=N–C) groups is 1. The SMILES string of the molecule is CCSC(=S)N=C(N)c1ccccc1. The third-order valence-corrected chi connectivity index (χ3v) is 2.62. The second-order valence-corrected chi connectivity index (χ2v) is 4.46. The molecule has 14 heavy (non-hydrogen) atoms. The van der Waals surface area contributed by atoms with Gasteiger partial charge in [0.05, 0.1) is 0 Å². The number of nitrogens with zero attached hydrogens (tertiary/aromatic N) is 1. The monoisotopic (exact) mass is 224 g/mol. The number of thioether (sulfide) groups is 1. The fourth-order valence-electron chi connectivity index (χ4n) is 0.928. The predicted molar refractivity (Wildman–Crippen MR) is 67.9 cm³/mol. The van der Waals surface area contributed by atoms with E-state index in [1.165, 1.54) is 11.8 Å². The van der Waals surface area contributed by atoms with Gasteiger partial charge in [-0.1, -0.05) is 61.2 Å². The molecule has 0 amide bonds. The van der Waals surface area contributed by atoms with Crippen LogP contribution in [0.5, 0.6) is 0 Å². The minimum Gasteiger partial charge on any atom is -0.383 e. The molecule has 0 aliphatic carbocycles. The summed E-state index contributed by atoms with van der Waals surface area (Å²) in [5.41, 5.74) is 6.68. The Hall–Kier alpha value is -0.870. The molecular weight excluding hydrogens is 212 g/mol. The average molecular weight is 224 g/mol. The lowest BCUT2D eigenvalue weighted by Crippen LogP contribution is -2.14. The van der Waals surface area contributed by atoms with E-state index in [2.05, 4.69) is 4.99 Å². The van der Waals surface area contributed by atoms with E-state index in [9.17, 15) is 0 Å². The van der Waals surface area contributed by atoms with Gasteiger partial charge in [0.1, 0.15) is 5.84 Å². The molecule has 0 aliphatic heterocycles. The first-order chi connectivity index (χ1) is 6.74. The van der Waals surface area contributed by atoms with Gasteiger partial charge in [-0.25, -0.2) is 4.99 Å². The first-order valence-corrected chi connectivity index (χ1v) is 5.69. The summed E-state index contributed by atoms with van der Waals surface area (Å²) in [5, 5.41) is 0. The Labute approximate surface area is 93.6 Å². The molecule has 0 atom stereocenters. The first kappa shape index (κ1) is 11.2. The van der Waals surface area contributed by atoms with Crippen molar-refractivity contribution in [3.8, 4) is 0 Å².